The Hall–Kier alpha value is -2.38. The Labute approximate surface area is 131 Å². The molecule has 0 fully saturated rings. The summed E-state index contributed by atoms with van der Waals surface area (Å²) in [6, 6.07) is 24.6. The van der Waals surface area contributed by atoms with Crippen LogP contribution in [0.1, 0.15) is 28.4 Å². The Bertz CT molecular complexity index is 737. The first kappa shape index (κ1) is 14.6. The molecule has 0 aromatic heterocycles. The molecule has 22 heavy (non-hydrogen) atoms. The van der Waals surface area contributed by atoms with Gasteiger partial charge in [-0.25, -0.2) is 0 Å². The summed E-state index contributed by atoms with van der Waals surface area (Å²) < 4.78 is 0. The van der Waals surface area contributed by atoms with E-state index in [0.717, 1.165) is 11.1 Å². The van der Waals surface area contributed by atoms with E-state index in [0.29, 0.717) is 0 Å². The molecule has 110 valence electrons. The molecule has 0 saturated carbocycles. The van der Waals surface area contributed by atoms with E-state index in [2.05, 4.69) is 43.3 Å². The van der Waals surface area contributed by atoms with Gasteiger partial charge in [-0.2, -0.15) is 0 Å². The molecule has 0 saturated heterocycles. The number of aliphatic hydroxyl groups is 1. The van der Waals surface area contributed by atoms with Crippen LogP contribution in [0.5, 0.6) is 0 Å². The van der Waals surface area contributed by atoms with Crippen LogP contribution in [0.15, 0.2) is 72.8 Å². The van der Waals surface area contributed by atoms with Crippen molar-refractivity contribution in [1.29, 1.82) is 0 Å². The van der Waals surface area contributed by atoms with Crippen molar-refractivity contribution >= 4 is 0 Å². The molecule has 1 heteroatoms. The van der Waals surface area contributed by atoms with Crippen molar-refractivity contribution in [2.24, 2.45) is 0 Å². The lowest BCUT2D eigenvalue weighted by molar-refractivity contribution is 0.220. The van der Waals surface area contributed by atoms with Gasteiger partial charge in [-0.3, -0.25) is 0 Å². The van der Waals surface area contributed by atoms with Gasteiger partial charge in [0.05, 0.1) is 0 Å². The van der Waals surface area contributed by atoms with Gasteiger partial charge in [0, 0.05) is 0 Å². The number of hydrogen-bond donors (Lipinski definition) is 1. The van der Waals surface area contributed by atoms with E-state index in [1.54, 1.807) is 0 Å². The lowest BCUT2D eigenvalue weighted by Crippen LogP contribution is -1.99. The second-order valence-electron chi connectivity index (χ2n) is 5.80. The van der Waals surface area contributed by atoms with Crippen LogP contribution >= 0.6 is 0 Å². The summed E-state index contributed by atoms with van der Waals surface area (Å²) in [5.74, 6) is 0. The molecule has 3 aromatic carbocycles. The Morgan fingerprint density at radius 1 is 0.545 bits per heavy atom. The second-order valence-corrected chi connectivity index (χ2v) is 5.80. The summed E-state index contributed by atoms with van der Waals surface area (Å²) in [7, 11) is 0. The zero-order valence-corrected chi connectivity index (χ0v) is 13.0. The first-order valence-electron chi connectivity index (χ1n) is 7.55. The van der Waals surface area contributed by atoms with E-state index in [1.165, 1.54) is 22.3 Å². The topological polar surface area (TPSA) is 20.2 Å². The van der Waals surface area contributed by atoms with Crippen LogP contribution in [0.3, 0.4) is 0 Å². The fourth-order valence-electron chi connectivity index (χ4n) is 2.55. The number of rotatable bonds is 3. The summed E-state index contributed by atoms with van der Waals surface area (Å²) >= 11 is 0. The van der Waals surface area contributed by atoms with Crippen molar-refractivity contribution in [3.63, 3.8) is 0 Å². The predicted molar refractivity (Wildman–Crippen MR) is 91.9 cm³/mol. The Kier molecular flexibility index (Phi) is 4.08. The summed E-state index contributed by atoms with van der Waals surface area (Å²) in [4.78, 5) is 0. The first-order chi connectivity index (χ1) is 10.6. The van der Waals surface area contributed by atoms with Crippen LogP contribution in [0.2, 0.25) is 0 Å². The predicted octanol–water partition coefficient (Wildman–Crippen LogP) is 5.05. The van der Waals surface area contributed by atoms with Gasteiger partial charge in [0.15, 0.2) is 0 Å². The minimum Gasteiger partial charge on any atom is -0.384 e. The van der Waals surface area contributed by atoms with Crippen LogP contribution in [0.4, 0.5) is 0 Å². The van der Waals surface area contributed by atoms with E-state index in [9.17, 15) is 5.11 Å². The van der Waals surface area contributed by atoms with Gasteiger partial charge in [-0.15, -0.1) is 0 Å². The van der Waals surface area contributed by atoms with Crippen molar-refractivity contribution in [1.82, 2.24) is 0 Å². The first-order valence-corrected chi connectivity index (χ1v) is 7.55. The van der Waals surface area contributed by atoms with Gasteiger partial charge in [-0.1, -0.05) is 83.9 Å². The fraction of sp³-hybridized carbons (Fsp3) is 0.143. The van der Waals surface area contributed by atoms with Crippen LogP contribution in [-0.4, -0.2) is 5.11 Å². The van der Waals surface area contributed by atoms with Crippen molar-refractivity contribution in [2.45, 2.75) is 20.0 Å². The smallest absolute Gasteiger partial charge is 0.104 e. The summed E-state index contributed by atoms with van der Waals surface area (Å²) in [5, 5.41) is 10.5. The lowest BCUT2D eigenvalue weighted by atomic mass is 9.97. The highest BCUT2D eigenvalue weighted by molar-refractivity contribution is 5.64. The quantitative estimate of drug-likeness (QED) is 0.715. The Balaban J connectivity index is 1.84. The summed E-state index contributed by atoms with van der Waals surface area (Å²) in [6.07, 6.45) is -0.576. The SMILES string of the molecule is Cc1ccc(-c2ccc(C(O)c3ccc(C)cc3)cc2)cc1. The molecule has 1 nitrogen and oxygen atoms in total. The van der Waals surface area contributed by atoms with Gasteiger partial charge in [-0.05, 0) is 36.1 Å². The molecule has 0 aliphatic carbocycles. The van der Waals surface area contributed by atoms with Gasteiger partial charge in [0.25, 0.3) is 0 Å². The Morgan fingerprint density at radius 2 is 0.864 bits per heavy atom. The molecule has 0 aliphatic rings. The number of benzene rings is 3. The third-order valence-corrected chi connectivity index (χ3v) is 4.00. The monoisotopic (exact) mass is 288 g/mol. The van der Waals surface area contributed by atoms with Crippen molar-refractivity contribution < 1.29 is 5.11 Å². The number of aryl methyl sites for hydroxylation is 2. The molecule has 0 bridgehead atoms. The van der Waals surface area contributed by atoms with E-state index in [1.807, 2.05) is 43.3 Å². The fourth-order valence-corrected chi connectivity index (χ4v) is 2.55. The summed E-state index contributed by atoms with van der Waals surface area (Å²) in [6.45, 7) is 4.14. The molecular formula is C21H20O. The molecule has 1 unspecified atom stereocenters. The van der Waals surface area contributed by atoms with Crippen LogP contribution in [-0.2, 0) is 0 Å². The molecule has 1 atom stereocenters. The van der Waals surface area contributed by atoms with Gasteiger partial charge >= 0.3 is 0 Å². The van der Waals surface area contributed by atoms with E-state index < -0.39 is 6.10 Å². The zero-order chi connectivity index (χ0) is 15.5. The van der Waals surface area contributed by atoms with Gasteiger partial charge in [0.2, 0.25) is 0 Å². The highest BCUT2D eigenvalue weighted by Crippen LogP contribution is 2.26. The number of hydrogen-bond acceptors (Lipinski definition) is 1. The van der Waals surface area contributed by atoms with E-state index in [4.69, 9.17) is 0 Å². The average Bonchev–Trinajstić information content (AvgIpc) is 2.56. The molecular weight excluding hydrogens is 268 g/mol. The Morgan fingerprint density at radius 3 is 1.32 bits per heavy atom. The molecule has 3 aromatic rings. The molecule has 0 radical (unpaired) electrons. The van der Waals surface area contributed by atoms with Gasteiger partial charge < -0.3 is 5.11 Å². The minimum atomic E-state index is -0.576. The molecule has 0 heterocycles. The summed E-state index contributed by atoms with van der Waals surface area (Å²) in [5.41, 5.74) is 6.66. The molecule has 1 N–H and O–H groups in total. The van der Waals surface area contributed by atoms with E-state index in [-0.39, 0.29) is 0 Å². The largest absolute Gasteiger partial charge is 0.384 e. The van der Waals surface area contributed by atoms with Gasteiger partial charge in [0.1, 0.15) is 6.10 Å². The third-order valence-electron chi connectivity index (χ3n) is 4.00. The normalized spacial score (nSPS) is 12.1. The third kappa shape index (κ3) is 3.10. The van der Waals surface area contributed by atoms with Crippen molar-refractivity contribution in [3.05, 3.63) is 95.1 Å². The lowest BCUT2D eigenvalue weighted by Gasteiger charge is -2.12. The highest BCUT2D eigenvalue weighted by atomic mass is 16.3. The van der Waals surface area contributed by atoms with Crippen molar-refractivity contribution in [2.75, 3.05) is 0 Å². The van der Waals surface area contributed by atoms with Crippen LogP contribution in [0, 0.1) is 13.8 Å². The van der Waals surface area contributed by atoms with E-state index >= 15 is 0 Å². The van der Waals surface area contributed by atoms with Crippen molar-refractivity contribution in [3.8, 4) is 11.1 Å². The molecule has 3 rings (SSSR count). The minimum absolute atomic E-state index is 0.576. The highest BCUT2D eigenvalue weighted by Gasteiger charge is 2.10. The second kappa shape index (κ2) is 6.17. The van der Waals surface area contributed by atoms with Crippen LogP contribution < -0.4 is 0 Å². The molecule has 0 aliphatic heterocycles. The average molecular weight is 288 g/mol. The maximum atomic E-state index is 10.5. The maximum absolute atomic E-state index is 10.5. The van der Waals surface area contributed by atoms with Crippen LogP contribution in [0.25, 0.3) is 11.1 Å². The standard InChI is InChI=1S/C21H20O/c1-15-3-7-17(8-4-15)18-11-13-20(14-12-18)21(22)19-9-5-16(2)6-10-19/h3-14,21-22H,1-2H3. The molecule has 0 spiro atoms. The molecule has 0 amide bonds. The zero-order valence-electron chi connectivity index (χ0n) is 13.0. The maximum Gasteiger partial charge on any atom is 0.104 e. The number of aliphatic hydroxyl groups excluding tert-OH is 1.